The fourth-order valence-electron chi connectivity index (χ4n) is 2.88. The Balaban J connectivity index is 1.63. The number of hydrogen-bond donors (Lipinski definition) is 0. The Kier molecular flexibility index (Phi) is 4.04. The van der Waals surface area contributed by atoms with E-state index in [0.29, 0.717) is 17.3 Å². The maximum atomic E-state index is 13.0. The van der Waals surface area contributed by atoms with Gasteiger partial charge in [0.25, 0.3) is 10.0 Å². The SMILES string of the molecule is Cc1nc(-c2ccc(S(=O)(=O)N3CCc4ccccc4C3)s2)cs1. The quantitative estimate of drug-likeness (QED) is 0.696. The zero-order valence-electron chi connectivity index (χ0n) is 13.1. The van der Waals surface area contributed by atoms with E-state index >= 15 is 0 Å². The second kappa shape index (κ2) is 6.07. The number of hydrogen-bond acceptors (Lipinski definition) is 5. The van der Waals surface area contributed by atoms with Crippen molar-refractivity contribution >= 4 is 32.7 Å². The van der Waals surface area contributed by atoms with Gasteiger partial charge < -0.3 is 0 Å². The molecule has 124 valence electrons. The first-order valence-corrected chi connectivity index (χ1v) is 10.8. The van der Waals surface area contributed by atoms with Gasteiger partial charge in [0.15, 0.2) is 0 Å². The van der Waals surface area contributed by atoms with Gasteiger partial charge in [0, 0.05) is 18.5 Å². The first kappa shape index (κ1) is 16.0. The van der Waals surface area contributed by atoms with Crippen LogP contribution < -0.4 is 0 Å². The number of rotatable bonds is 3. The molecule has 4 rings (SSSR count). The molecule has 0 fully saturated rings. The van der Waals surface area contributed by atoms with Gasteiger partial charge in [-0.15, -0.1) is 22.7 Å². The number of thiazole rings is 1. The molecular formula is C17H16N2O2S3. The first-order valence-electron chi connectivity index (χ1n) is 7.63. The van der Waals surface area contributed by atoms with E-state index in [1.54, 1.807) is 21.7 Å². The van der Waals surface area contributed by atoms with Crippen molar-refractivity contribution in [3.63, 3.8) is 0 Å². The van der Waals surface area contributed by atoms with Crippen molar-refractivity contribution in [3.8, 4) is 10.6 Å². The summed E-state index contributed by atoms with van der Waals surface area (Å²) >= 11 is 2.87. The maximum Gasteiger partial charge on any atom is 0.252 e. The van der Waals surface area contributed by atoms with Crippen molar-refractivity contribution in [3.05, 3.63) is 57.9 Å². The van der Waals surface area contributed by atoms with Gasteiger partial charge >= 0.3 is 0 Å². The van der Waals surface area contributed by atoms with E-state index in [4.69, 9.17) is 0 Å². The van der Waals surface area contributed by atoms with E-state index < -0.39 is 10.0 Å². The normalized spacial score (nSPS) is 15.4. The largest absolute Gasteiger partial charge is 0.252 e. The Hall–Kier alpha value is -1.54. The highest BCUT2D eigenvalue weighted by atomic mass is 32.2. The topological polar surface area (TPSA) is 50.3 Å². The molecule has 2 aromatic heterocycles. The van der Waals surface area contributed by atoms with Crippen LogP contribution in [0, 0.1) is 6.92 Å². The Morgan fingerprint density at radius 2 is 1.92 bits per heavy atom. The molecule has 0 aliphatic carbocycles. The predicted molar refractivity (Wildman–Crippen MR) is 97.9 cm³/mol. The van der Waals surface area contributed by atoms with Crippen LogP contribution in [0.25, 0.3) is 10.6 Å². The van der Waals surface area contributed by atoms with Gasteiger partial charge in [-0.2, -0.15) is 4.31 Å². The highest BCUT2D eigenvalue weighted by Gasteiger charge is 2.29. The van der Waals surface area contributed by atoms with E-state index in [-0.39, 0.29) is 0 Å². The molecule has 24 heavy (non-hydrogen) atoms. The van der Waals surface area contributed by atoms with Crippen LogP contribution in [0.3, 0.4) is 0 Å². The van der Waals surface area contributed by atoms with Gasteiger partial charge in [-0.25, -0.2) is 13.4 Å². The molecule has 3 aromatic rings. The molecule has 0 saturated heterocycles. The van der Waals surface area contributed by atoms with E-state index in [1.807, 2.05) is 36.6 Å². The smallest absolute Gasteiger partial charge is 0.241 e. The molecule has 0 atom stereocenters. The lowest BCUT2D eigenvalue weighted by molar-refractivity contribution is 0.392. The number of thiophene rings is 1. The Labute approximate surface area is 149 Å². The van der Waals surface area contributed by atoms with Crippen LogP contribution in [0.2, 0.25) is 0 Å². The lowest BCUT2D eigenvalue weighted by atomic mass is 10.0. The molecule has 1 aliphatic rings. The van der Waals surface area contributed by atoms with Crippen LogP contribution in [-0.2, 0) is 23.0 Å². The summed E-state index contributed by atoms with van der Waals surface area (Å²) in [5.41, 5.74) is 3.20. The summed E-state index contributed by atoms with van der Waals surface area (Å²) in [5.74, 6) is 0. The first-order chi connectivity index (χ1) is 11.5. The van der Waals surface area contributed by atoms with Crippen LogP contribution in [0.15, 0.2) is 46.0 Å². The molecule has 4 nitrogen and oxygen atoms in total. The summed E-state index contributed by atoms with van der Waals surface area (Å²) in [5, 5.41) is 2.95. The number of aromatic nitrogens is 1. The standard InChI is InChI=1S/C17H16N2O2S3/c1-12-18-15(11-22-12)16-6-7-17(23-16)24(20,21)19-9-8-13-4-2-3-5-14(13)10-19/h2-7,11H,8-10H2,1H3. The molecule has 0 unspecified atom stereocenters. The number of sulfonamides is 1. The third kappa shape index (κ3) is 2.82. The molecule has 0 spiro atoms. The number of aryl methyl sites for hydroxylation is 1. The van der Waals surface area contributed by atoms with Gasteiger partial charge in [-0.05, 0) is 36.6 Å². The molecule has 1 aliphatic heterocycles. The van der Waals surface area contributed by atoms with Crippen LogP contribution in [-0.4, -0.2) is 24.3 Å². The molecule has 3 heterocycles. The van der Waals surface area contributed by atoms with Gasteiger partial charge in [-0.1, -0.05) is 24.3 Å². The highest BCUT2D eigenvalue weighted by molar-refractivity contribution is 7.91. The molecule has 0 saturated carbocycles. The number of nitrogens with zero attached hydrogens (tertiary/aromatic N) is 2. The minimum atomic E-state index is -3.46. The van der Waals surface area contributed by atoms with Crippen molar-refractivity contribution in [2.24, 2.45) is 0 Å². The maximum absolute atomic E-state index is 13.0. The summed E-state index contributed by atoms with van der Waals surface area (Å²) in [6.07, 6.45) is 0.763. The van der Waals surface area contributed by atoms with E-state index in [9.17, 15) is 8.42 Å². The minimum absolute atomic E-state index is 0.391. The predicted octanol–water partition coefficient (Wildman–Crippen LogP) is 3.93. The molecule has 0 N–H and O–H groups in total. The van der Waals surface area contributed by atoms with Crippen molar-refractivity contribution in [2.75, 3.05) is 6.54 Å². The zero-order valence-corrected chi connectivity index (χ0v) is 15.5. The van der Waals surface area contributed by atoms with Crippen molar-refractivity contribution in [1.82, 2.24) is 9.29 Å². The molecule has 0 bridgehead atoms. The van der Waals surface area contributed by atoms with Crippen LogP contribution in [0.1, 0.15) is 16.1 Å². The summed E-state index contributed by atoms with van der Waals surface area (Å²) in [6.45, 7) is 2.93. The third-order valence-corrected chi connectivity index (χ3v) is 8.34. The van der Waals surface area contributed by atoms with E-state index in [2.05, 4.69) is 11.1 Å². The summed E-state index contributed by atoms with van der Waals surface area (Å²) in [7, 11) is -3.46. The molecule has 1 aromatic carbocycles. The monoisotopic (exact) mass is 376 g/mol. The van der Waals surface area contributed by atoms with Gasteiger partial charge in [-0.3, -0.25) is 0 Å². The number of fused-ring (bicyclic) bond motifs is 1. The van der Waals surface area contributed by atoms with Crippen LogP contribution in [0.5, 0.6) is 0 Å². The van der Waals surface area contributed by atoms with Crippen LogP contribution in [0.4, 0.5) is 0 Å². The van der Waals surface area contributed by atoms with E-state index in [1.165, 1.54) is 16.9 Å². The molecule has 0 radical (unpaired) electrons. The van der Waals surface area contributed by atoms with Gasteiger partial charge in [0.1, 0.15) is 4.21 Å². The Bertz CT molecular complexity index is 989. The Morgan fingerprint density at radius 3 is 2.67 bits per heavy atom. The molecule has 7 heteroatoms. The van der Waals surface area contributed by atoms with Crippen LogP contribution >= 0.6 is 22.7 Å². The van der Waals surface area contributed by atoms with E-state index in [0.717, 1.165) is 27.6 Å². The van der Waals surface area contributed by atoms with Crippen molar-refractivity contribution in [2.45, 2.75) is 24.1 Å². The second-order valence-electron chi connectivity index (χ2n) is 5.73. The summed E-state index contributed by atoms with van der Waals surface area (Å²) in [4.78, 5) is 5.34. The lowest BCUT2D eigenvalue weighted by Gasteiger charge is -2.27. The molecule has 0 amide bonds. The molecular weight excluding hydrogens is 360 g/mol. The third-order valence-electron chi connectivity index (χ3n) is 4.14. The van der Waals surface area contributed by atoms with Crippen molar-refractivity contribution in [1.29, 1.82) is 0 Å². The fourth-order valence-corrected chi connectivity index (χ4v) is 6.40. The highest BCUT2D eigenvalue weighted by Crippen LogP contribution is 2.34. The fraction of sp³-hybridized carbons (Fsp3) is 0.235. The minimum Gasteiger partial charge on any atom is -0.241 e. The summed E-state index contributed by atoms with van der Waals surface area (Å²) in [6, 6.07) is 11.6. The van der Waals surface area contributed by atoms with Gasteiger partial charge in [0.2, 0.25) is 0 Å². The van der Waals surface area contributed by atoms with Gasteiger partial charge in [0.05, 0.1) is 15.6 Å². The number of benzene rings is 1. The van der Waals surface area contributed by atoms with Crippen molar-refractivity contribution < 1.29 is 8.42 Å². The Morgan fingerprint density at radius 1 is 1.12 bits per heavy atom. The zero-order chi connectivity index (χ0) is 16.7. The average Bonchev–Trinajstić information content (AvgIpc) is 3.23. The summed E-state index contributed by atoms with van der Waals surface area (Å²) < 4.78 is 27.9. The average molecular weight is 377 g/mol. The second-order valence-corrected chi connectivity index (χ2v) is 10.0. The lowest BCUT2D eigenvalue weighted by Crippen LogP contribution is -2.35.